The highest BCUT2D eigenvalue weighted by Crippen LogP contribution is 2.50. The Hall–Kier alpha value is -2.97. The zero-order valence-electron chi connectivity index (χ0n) is 19.9. The van der Waals surface area contributed by atoms with Gasteiger partial charge in [0.05, 0.1) is 29.4 Å². The molecule has 4 aliphatic rings. The minimum atomic E-state index is -0.139. The molecule has 2 aromatic heterocycles. The molecular weight excluding hydrogens is 426 g/mol. The van der Waals surface area contributed by atoms with Crippen molar-refractivity contribution in [2.75, 3.05) is 56.0 Å². The molecule has 0 radical (unpaired) electrons. The lowest BCUT2D eigenvalue weighted by atomic mass is 9.61. The second-order valence-electron chi connectivity index (χ2n) is 10.8. The summed E-state index contributed by atoms with van der Waals surface area (Å²) in [6.07, 6.45) is 7.10. The van der Waals surface area contributed by atoms with Gasteiger partial charge in [0.15, 0.2) is 0 Å². The van der Waals surface area contributed by atoms with E-state index in [1.54, 1.807) is 12.3 Å². The largest absolute Gasteiger partial charge is 0.393 e. The van der Waals surface area contributed by atoms with E-state index in [2.05, 4.69) is 56.1 Å². The molecule has 2 spiro atoms. The number of aromatic nitrogens is 3. The van der Waals surface area contributed by atoms with E-state index in [-0.39, 0.29) is 11.5 Å². The summed E-state index contributed by atoms with van der Waals surface area (Å²) in [4.78, 5) is 20.9. The van der Waals surface area contributed by atoms with Gasteiger partial charge in [0, 0.05) is 61.9 Å². The summed E-state index contributed by atoms with van der Waals surface area (Å²) < 4.78 is 0. The Morgan fingerprint density at radius 3 is 2.50 bits per heavy atom. The lowest BCUT2D eigenvalue weighted by Gasteiger charge is -2.61. The van der Waals surface area contributed by atoms with Crippen LogP contribution in [0, 0.1) is 10.8 Å². The Labute approximate surface area is 201 Å². The van der Waals surface area contributed by atoms with Crippen molar-refractivity contribution in [1.29, 1.82) is 0 Å². The maximum atomic E-state index is 9.68. The van der Waals surface area contributed by atoms with Gasteiger partial charge in [0.25, 0.3) is 0 Å². The lowest BCUT2D eigenvalue weighted by Crippen LogP contribution is -2.72. The van der Waals surface area contributed by atoms with Crippen LogP contribution < -0.4 is 10.2 Å². The maximum Gasteiger partial charge on any atom is 0.228 e. The van der Waals surface area contributed by atoms with Crippen LogP contribution in [-0.4, -0.2) is 81.8 Å². The molecule has 2 N–H and O–H groups in total. The third-order valence-electron chi connectivity index (χ3n) is 8.05. The van der Waals surface area contributed by atoms with Gasteiger partial charge < -0.3 is 25.1 Å². The second kappa shape index (κ2) is 7.78. The zero-order chi connectivity index (χ0) is 23.5. The first kappa shape index (κ1) is 21.6. The van der Waals surface area contributed by atoms with Crippen LogP contribution in [0.25, 0.3) is 11.8 Å². The van der Waals surface area contributed by atoms with Gasteiger partial charge in [-0.15, -0.1) is 0 Å². The summed E-state index contributed by atoms with van der Waals surface area (Å²) in [5.74, 6) is 1.21. The topological polar surface area (TPSA) is 80.7 Å². The normalized spacial score (nSPS) is 22.5. The second-order valence-corrected chi connectivity index (χ2v) is 10.8. The third-order valence-corrected chi connectivity index (χ3v) is 8.05. The molecule has 5 heterocycles. The molecule has 0 atom stereocenters. The molecule has 1 saturated carbocycles. The number of hydrogen-bond donors (Lipinski definition) is 2. The quantitative estimate of drug-likeness (QED) is 0.654. The molecule has 3 saturated heterocycles. The first-order valence-corrected chi connectivity index (χ1v) is 12.2. The minimum absolute atomic E-state index is 0.139. The van der Waals surface area contributed by atoms with Crippen LogP contribution in [0.2, 0.25) is 0 Å². The number of rotatable bonds is 7. The third kappa shape index (κ3) is 3.56. The summed E-state index contributed by atoms with van der Waals surface area (Å²) in [6.45, 7) is 18.1. The molecule has 2 aromatic rings. The van der Waals surface area contributed by atoms with Gasteiger partial charge in [0.1, 0.15) is 5.82 Å². The first-order chi connectivity index (χ1) is 16.4. The average Bonchev–Trinajstić information content (AvgIpc) is 2.74. The van der Waals surface area contributed by atoms with Crippen LogP contribution in [0.3, 0.4) is 0 Å². The van der Waals surface area contributed by atoms with Crippen LogP contribution in [0.5, 0.6) is 0 Å². The van der Waals surface area contributed by atoms with E-state index >= 15 is 0 Å². The molecule has 0 amide bonds. The highest BCUT2D eigenvalue weighted by Gasteiger charge is 2.52. The number of nitrogens with zero attached hydrogens (tertiary/aromatic N) is 6. The fourth-order valence-electron chi connectivity index (χ4n) is 6.17. The number of nitrogens with one attached hydrogen (secondary N) is 1. The van der Waals surface area contributed by atoms with Crippen molar-refractivity contribution in [3.63, 3.8) is 0 Å². The van der Waals surface area contributed by atoms with E-state index in [4.69, 9.17) is 4.98 Å². The van der Waals surface area contributed by atoms with Crippen LogP contribution in [0.1, 0.15) is 31.0 Å². The number of aliphatic hydroxyl groups is 1. The average molecular weight is 460 g/mol. The van der Waals surface area contributed by atoms with Crippen molar-refractivity contribution in [3.8, 4) is 0 Å². The van der Waals surface area contributed by atoms with Crippen molar-refractivity contribution in [3.05, 3.63) is 48.9 Å². The van der Waals surface area contributed by atoms with Gasteiger partial charge in [-0.2, -0.15) is 0 Å². The molecule has 1 aliphatic carbocycles. The number of likely N-dealkylation sites (tertiary alicyclic amines) is 2. The Morgan fingerprint density at radius 2 is 1.88 bits per heavy atom. The standard InChI is InChI=1S/C26H33N7O/c1-4-19-10-28-24(30-23(19)18(3)32-14-25(15-32)8-21(34)9-25)29-22-7-6-20(11-27-22)33-16-26(17-33)12-31(5-2)13-26/h4,6-7,10-11,21,34H,1,3,5,8-9,12-17H2,2H3,(H,27,28,29,30). The van der Waals surface area contributed by atoms with Gasteiger partial charge in [-0.25, -0.2) is 15.0 Å². The highest BCUT2D eigenvalue weighted by molar-refractivity contribution is 5.70. The minimum Gasteiger partial charge on any atom is -0.393 e. The molecular formula is C26H33N7O. The molecule has 8 heteroatoms. The van der Waals surface area contributed by atoms with E-state index in [0.717, 1.165) is 68.2 Å². The molecule has 4 fully saturated rings. The highest BCUT2D eigenvalue weighted by atomic mass is 16.3. The van der Waals surface area contributed by atoms with Crippen molar-refractivity contribution in [2.24, 2.45) is 10.8 Å². The number of pyridine rings is 1. The molecule has 3 aliphatic heterocycles. The van der Waals surface area contributed by atoms with Gasteiger partial charge in [-0.05, 0) is 31.5 Å². The summed E-state index contributed by atoms with van der Waals surface area (Å²) in [7, 11) is 0. The molecule has 0 bridgehead atoms. The van der Waals surface area contributed by atoms with Gasteiger partial charge in [-0.1, -0.05) is 26.2 Å². The maximum absolute atomic E-state index is 9.68. The van der Waals surface area contributed by atoms with Gasteiger partial charge in [0.2, 0.25) is 5.95 Å². The van der Waals surface area contributed by atoms with Crippen molar-refractivity contribution < 1.29 is 5.11 Å². The summed E-state index contributed by atoms with van der Waals surface area (Å²) >= 11 is 0. The SMILES string of the molecule is C=Cc1cnc(Nc2ccc(N3CC4(CN(CC)C4)C3)cn2)nc1C(=C)N1CC2(CC(O)C2)C1. The first-order valence-electron chi connectivity index (χ1n) is 12.2. The Morgan fingerprint density at radius 1 is 1.12 bits per heavy atom. The predicted molar refractivity (Wildman–Crippen MR) is 135 cm³/mol. The molecule has 8 nitrogen and oxygen atoms in total. The molecule has 34 heavy (non-hydrogen) atoms. The Kier molecular flexibility index (Phi) is 4.93. The van der Waals surface area contributed by atoms with E-state index in [1.807, 2.05) is 12.3 Å². The predicted octanol–water partition coefficient (Wildman–Crippen LogP) is 2.83. The number of hydrogen-bond acceptors (Lipinski definition) is 8. The van der Waals surface area contributed by atoms with E-state index in [9.17, 15) is 5.11 Å². The van der Waals surface area contributed by atoms with Crippen LogP contribution >= 0.6 is 0 Å². The number of anilines is 3. The summed E-state index contributed by atoms with van der Waals surface area (Å²) in [5.41, 5.74) is 4.45. The Balaban J connectivity index is 1.09. The molecule has 0 aromatic carbocycles. The monoisotopic (exact) mass is 459 g/mol. The van der Waals surface area contributed by atoms with Crippen molar-refractivity contribution in [2.45, 2.75) is 25.9 Å². The van der Waals surface area contributed by atoms with E-state index in [1.165, 1.54) is 13.1 Å². The van der Waals surface area contributed by atoms with Crippen molar-refractivity contribution in [1.82, 2.24) is 24.8 Å². The zero-order valence-corrected chi connectivity index (χ0v) is 19.9. The van der Waals surface area contributed by atoms with Crippen LogP contribution in [0.4, 0.5) is 17.5 Å². The summed E-state index contributed by atoms with van der Waals surface area (Å²) in [6, 6.07) is 4.10. The Bertz CT molecular complexity index is 1100. The number of aliphatic hydroxyl groups excluding tert-OH is 1. The van der Waals surface area contributed by atoms with Crippen molar-refractivity contribution >= 4 is 29.2 Å². The lowest BCUT2D eigenvalue weighted by molar-refractivity contribution is -0.107. The summed E-state index contributed by atoms with van der Waals surface area (Å²) in [5, 5.41) is 12.9. The molecule has 6 rings (SSSR count). The van der Waals surface area contributed by atoms with E-state index < -0.39 is 0 Å². The fraction of sp³-hybridized carbons (Fsp3) is 0.500. The molecule has 0 unspecified atom stereocenters. The van der Waals surface area contributed by atoms with Gasteiger partial charge >= 0.3 is 0 Å². The van der Waals surface area contributed by atoms with Gasteiger partial charge in [-0.3, -0.25) is 0 Å². The molecule has 178 valence electrons. The van der Waals surface area contributed by atoms with E-state index in [0.29, 0.717) is 17.2 Å². The van der Waals surface area contributed by atoms with Crippen LogP contribution in [0.15, 0.2) is 37.7 Å². The fourth-order valence-corrected chi connectivity index (χ4v) is 6.17. The smallest absolute Gasteiger partial charge is 0.228 e. The van der Waals surface area contributed by atoms with Crippen LogP contribution in [-0.2, 0) is 0 Å².